The molecule has 3 aromatic carbocycles. The topological polar surface area (TPSA) is 92.7 Å². The van der Waals surface area contributed by atoms with E-state index in [-0.39, 0.29) is 18.7 Å². The third-order valence-corrected chi connectivity index (χ3v) is 6.39. The van der Waals surface area contributed by atoms with Gasteiger partial charge in [0.05, 0.1) is 21.7 Å². The van der Waals surface area contributed by atoms with Crippen molar-refractivity contribution >= 4 is 51.8 Å². The number of fused-ring (bicyclic) bond motifs is 1. The number of carboxylic acid groups (broad SMARTS) is 1. The summed E-state index contributed by atoms with van der Waals surface area (Å²) in [4.78, 5) is 36.1. The number of carbonyl (C=O) groups excluding carboxylic acids is 2. The van der Waals surface area contributed by atoms with Crippen LogP contribution in [0.4, 0.5) is 0 Å². The van der Waals surface area contributed by atoms with E-state index in [1.807, 2.05) is 30.3 Å². The van der Waals surface area contributed by atoms with Gasteiger partial charge in [-0.05, 0) is 60.4 Å². The molecule has 0 aliphatic carbocycles. The molecule has 0 aliphatic rings. The van der Waals surface area contributed by atoms with E-state index in [1.54, 1.807) is 37.3 Å². The van der Waals surface area contributed by atoms with Crippen molar-refractivity contribution in [3.05, 3.63) is 81.8 Å². The van der Waals surface area contributed by atoms with Gasteiger partial charge in [-0.3, -0.25) is 9.59 Å². The van der Waals surface area contributed by atoms with E-state index in [1.165, 1.54) is 0 Å². The van der Waals surface area contributed by atoms with Crippen LogP contribution >= 0.6 is 23.2 Å². The van der Waals surface area contributed by atoms with Gasteiger partial charge < -0.3 is 15.2 Å². The number of rotatable bonds is 11. The lowest BCUT2D eigenvalue weighted by molar-refractivity contribution is -0.137. The van der Waals surface area contributed by atoms with Crippen molar-refractivity contribution in [3.8, 4) is 0 Å². The lowest BCUT2D eigenvalue weighted by Crippen LogP contribution is -2.44. The Labute approximate surface area is 214 Å². The van der Waals surface area contributed by atoms with Crippen molar-refractivity contribution in [1.29, 1.82) is 0 Å². The lowest BCUT2D eigenvalue weighted by Gasteiger charge is -2.25. The number of carbonyl (C=O) groups is 3. The van der Waals surface area contributed by atoms with Crippen molar-refractivity contribution in [2.45, 2.75) is 51.2 Å². The number of hydrogen-bond donors (Lipinski definition) is 2. The minimum atomic E-state index is -0.888. The van der Waals surface area contributed by atoms with Crippen LogP contribution in [0.25, 0.3) is 10.8 Å². The summed E-state index contributed by atoms with van der Waals surface area (Å²) in [5, 5.41) is 14.4. The summed E-state index contributed by atoms with van der Waals surface area (Å²) in [5.41, 5.74) is 1.22. The first-order valence-electron chi connectivity index (χ1n) is 11.4. The first-order valence-corrected chi connectivity index (χ1v) is 12.1. The van der Waals surface area contributed by atoms with E-state index >= 15 is 0 Å². The highest BCUT2D eigenvalue weighted by molar-refractivity contribution is 6.42. The summed E-state index contributed by atoms with van der Waals surface area (Å²) < 4.78 is 5.87. The van der Waals surface area contributed by atoms with E-state index in [0.717, 1.165) is 16.3 Å². The predicted octanol–water partition coefficient (Wildman–Crippen LogP) is 6.06. The number of hydrogen-bond acceptors (Lipinski definition) is 4. The van der Waals surface area contributed by atoms with E-state index in [2.05, 4.69) is 5.32 Å². The maximum absolute atomic E-state index is 13.0. The minimum absolute atomic E-state index is 0.0200. The number of ether oxygens (including phenoxy) is 1. The molecular formula is C27H27Cl2NO5. The molecule has 0 bridgehead atoms. The zero-order chi connectivity index (χ0) is 25.4. The average molecular weight is 516 g/mol. The second-order valence-corrected chi connectivity index (χ2v) is 9.23. The van der Waals surface area contributed by atoms with E-state index in [4.69, 9.17) is 33.0 Å². The summed E-state index contributed by atoms with van der Waals surface area (Å²) in [6, 6.07) is 17.8. The van der Waals surface area contributed by atoms with Crippen LogP contribution in [0.3, 0.4) is 0 Å². The molecule has 0 spiro atoms. The average Bonchev–Trinajstić information content (AvgIpc) is 2.83. The summed E-state index contributed by atoms with van der Waals surface area (Å²) in [7, 11) is 0. The molecule has 3 rings (SSSR count). The molecule has 2 N–H and O–H groups in total. The van der Waals surface area contributed by atoms with Crippen molar-refractivity contribution in [2.75, 3.05) is 0 Å². The van der Waals surface area contributed by atoms with Crippen LogP contribution < -0.4 is 5.32 Å². The molecule has 0 aromatic heterocycles. The van der Waals surface area contributed by atoms with Gasteiger partial charge >= 0.3 is 11.9 Å². The zero-order valence-electron chi connectivity index (χ0n) is 19.3. The van der Waals surface area contributed by atoms with Crippen LogP contribution in [0, 0.1) is 0 Å². The van der Waals surface area contributed by atoms with Gasteiger partial charge in [0.15, 0.2) is 0 Å². The van der Waals surface area contributed by atoms with Gasteiger partial charge in [0.1, 0.15) is 6.10 Å². The van der Waals surface area contributed by atoms with Gasteiger partial charge in [-0.15, -0.1) is 0 Å². The van der Waals surface area contributed by atoms with Crippen LogP contribution in [0.15, 0.2) is 60.7 Å². The van der Waals surface area contributed by atoms with Crippen molar-refractivity contribution < 1.29 is 24.2 Å². The van der Waals surface area contributed by atoms with Crippen molar-refractivity contribution in [2.24, 2.45) is 0 Å². The number of benzene rings is 3. The molecule has 0 saturated heterocycles. The number of esters is 1. The van der Waals surface area contributed by atoms with E-state index < -0.39 is 24.1 Å². The number of amides is 1. The largest absolute Gasteiger partial charge is 0.481 e. The summed E-state index contributed by atoms with van der Waals surface area (Å²) in [5.74, 6) is -1.62. The van der Waals surface area contributed by atoms with Gasteiger partial charge in [0, 0.05) is 19.3 Å². The molecule has 3 aromatic rings. The maximum atomic E-state index is 13.0. The fraction of sp³-hybridized carbons (Fsp3) is 0.296. The number of halogens is 2. The van der Waals surface area contributed by atoms with Crippen molar-refractivity contribution in [1.82, 2.24) is 5.32 Å². The molecule has 0 saturated carbocycles. The highest BCUT2D eigenvalue weighted by Gasteiger charge is 2.25. The standard InChI is InChI=1S/C27H27Cl2NO5/c1-17(30-25(31)8-4-5-9-26(32)33)24(15-18-10-13-22(28)23(29)14-18)35-27(34)21-12-11-19-6-2-3-7-20(19)16-21/h2-3,6-7,10-14,16-17,24H,4-5,8-9,15H2,1H3,(H,30,31)(H,32,33)/t17-,24+/m0/s1. The molecular weight excluding hydrogens is 489 g/mol. The Balaban J connectivity index is 1.73. The monoisotopic (exact) mass is 515 g/mol. The normalized spacial score (nSPS) is 12.7. The number of unbranched alkanes of at least 4 members (excludes halogenated alkanes) is 1. The quantitative estimate of drug-likeness (QED) is 0.239. The number of carboxylic acids is 1. The van der Waals surface area contributed by atoms with Crippen LogP contribution in [-0.4, -0.2) is 35.1 Å². The molecule has 6 nitrogen and oxygen atoms in total. The molecule has 0 radical (unpaired) electrons. The molecule has 1 amide bonds. The van der Waals surface area contributed by atoms with Gasteiger partial charge in [-0.2, -0.15) is 0 Å². The van der Waals surface area contributed by atoms with E-state index in [9.17, 15) is 14.4 Å². The first-order chi connectivity index (χ1) is 16.7. The molecule has 2 atom stereocenters. The Hall–Kier alpha value is -3.09. The Kier molecular flexibility index (Phi) is 9.52. The molecule has 0 fully saturated rings. The molecule has 8 heteroatoms. The van der Waals surface area contributed by atoms with Gasteiger partial charge in [-0.25, -0.2) is 4.79 Å². The fourth-order valence-electron chi connectivity index (χ4n) is 3.72. The Morgan fingerprint density at radius 3 is 2.34 bits per heavy atom. The third-order valence-electron chi connectivity index (χ3n) is 5.66. The highest BCUT2D eigenvalue weighted by Crippen LogP contribution is 2.24. The molecule has 184 valence electrons. The summed E-state index contributed by atoms with van der Waals surface area (Å²) in [6.45, 7) is 1.77. The number of nitrogens with one attached hydrogen (secondary N) is 1. The summed E-state index contributed by atoms with van der Waals surface area (Å²) in [6.07, 6.45) is 0.729. The second-order valence-electron chi connectivity index (χ2n) is 8.42. The molecule has 0 aliphatic heterocycles. The molecule has 0 unspecified atom stereocenters. The Bertz CT molecular complexity index is 1210. The van der Waals surface area contributed by atoms with Gasteiger partial charge in [0.2, 0.25) is 5.91 Å². The van der Waals surface area contributed by atoms with Crippen molar-refractivity contribution in [3.63, 3.8) is 0 Å². The Morgan fingerprint density at radius 1 is 0.914 bits per heavy atom. The third kappa shape index (κ3) is 7.98. The van der Waals surface area contributed by atoms with Gasteiger partial charge in [-0.1, -0.05) is 59.6 Å². The SMILES string of the molecule is C[C@H](NC(=O)CCCCC(=O)O)[C@@H](Cc1ccc(Cl)c(Cl)c1)OC(=O)c1ccc2ccccc2c1. The maximum Gasteiger partial charge on any atom is 0.338 e. The zero-order valence-corrected chi connectivity index (χ0v) is 20.8. The van der Waals surface area contributed by atoms with E-state index in [0.29, 0.717) is 34.9 Å². The first kappa shape index (κ1) is 26.5. The highest BCUT2D eigenvalue weighted by atomic mass is 35.5. The smallest absolute Gasteiger partial charge is 0.338 e. The van der Waals surface area contributed by atoms with Gasteiger partial charge in [0.25, 0.3) is 0 Å². The minimum Gasteiger partial charge on any atom is -0.481 e. The number of aliphatic carboxylic acids is 1. The van der Waals surface area contributed by atoms with Crippen LogP contribution in [0.1, 0.15) is 48.5 Å². The van der Waals surface area contributed by atoms with Crippen LogP contribution in [-0.2, 0) is 20.7 Å². The second kappa shape index (κ2) is 12.6. The summed E-state index contributed by atoms with van der Waals surface area (Å²) >= 11 is 12.2. The van der Waals surface area contributed by atoms with Crippen LogP contribution in [0.5, 0.6) is 0 Å². The van der Waals surface area contributed by atoms with Crippen LogP contribution in [0.2, 0.25) is 10.0 Å². The lowest BCUT2D eigenvalue weighted by atomic mass is 10.0. The Morgan fingerprint density at radius 2 is 1.63 bits per heavy atom. The molecule has 0 heterocycles. The predicted molar refractivity (Wildman–Crippen MR) is 137 cm³/mol. The molecule has 35 heavy (non-hydrogen) atoms. The fourth-order valence-corrected chi connectivity index (χ4v) is 4.04.